The predicted molar refractivity (Wildman–Crippen MR) is 93.7 cm³/mol. The van der Waals surface area contributed by atoms with E-state index in [2.05, 4.69) is 5.32 Å². The molecule has 25 heavy (non-hydrogen) atoms. The van der Waals surface area contributed by atoms with E-state index in [-0.39, 0.29) is 18.3 Å². The van der Waals surface area contributed by atoms with E-state index >= 15 is 0 Å². The first-order valence-corrected chi connectivity index (χ1v) is 8.08. The van der Waals surface area contributed by atoms with E-state index in [1.54, 1.807) is 25.1 Å². The van der Waals surface area contributed by atoms with Crippen LogP contribution in [0, 0.1) is 17.0 Å². The minimum atomic E-state index is -1.53. The number of aryl methyl sites for hydroxylation is 1. The van der Waals surface area contributed by atoms with Gasteiger partial charge in [0.25, 0.3) is 5.70 Å². The summed E-state index contributed by atoms with van der Waals surface area (Å²) in [5.41, 5.74) is 0.167. The maximum atomic E-state index is 10.9. The zero-order chi connectivity index (χ0) is 18.6. The Bertz CT molecular complexity index is 679. The van der Waals surface area contributed by atoms with Gasteiger partial charge in [0.05, 0.1) is 4.92 Å². The van der Waals surface area contributed by atoms with E-state index in [0.717, 1.165) is 5.56 Å². The first kappa shape index (κ1) is 19.1. The summed E-state index contributed by atoms with van der Waals surface area (Å²) in [6.45, 7) is 4.98. The molecule has 0 aromatic heterocycles. The van der Waals surface area contributed by atoms with Crippen LogP contribution in [0.5, 0.6) is 5.75 Å². The highest BCUT2D eigenvalue weighted by Gasteiger charge is 2.33. The summed E-state index contributed by atoms with van der Waals surface area (Å²) in [6, 6.07) is 7.08. The van der Waals surface area contributed by atoms with Gasteiger partial charge in [-0.05, 0) is 45.4 Å². The molecule has 0 saturated heterocycles. The van der Waals surface area contributed by atoms with E-state index in [1.165, 1.54) is 13.0 Å². The summed E-state index contributed by atoms with van der Waals surface area (Å²) < 4.78 is 5.54. The summed E-state index contributed by atoms with van der Waals surface area (Å²) >= 11 is 0. The first-order valence-electron chi connectivity index (χ1n) is 8.08. The Labute approximate surface area is 146 Å². The molecule has 0 heterocycles. The monoisotopic (exact) mass is 348 g/mol. The van der Waals surface area contributed by atoms with E-state index < -0.39 is 16.8 Å². The molecular formula is C18H24N2O5. The maximum absolute atomic E-state index is 10.9. The molecule has 136 valence electrons. The Morgan fingerprint density at radius 1 is 1.40 bits per heavy atom. The van der Waals surface area contributed by atoms with Crippen LogP contribution in [0.15, 0.2) is 47.7 Å². The number of aliphatic hydroxyl groups is 2. The number of nitrogens with one attached hydrogen (secondary N) is 1. The van der Waals surface area contributed by atoms with Crippen LogP contribution in [0.3, 0.4) is 0 Å². The largest absolute Gasteiger partial charge is 0.490 e. The molecule has 3 atom stereocenters. The minimum absolute atomic E-state index is 0.0713. The molecular weight excluding hydrogens is 324 g/mol. The van der Waals surface area contributed by atoms with Gasteiger partial charge in [-0.15, -0.1) is 0 Å². The fourth-order valence-electron chi connectivity index (χ4n) is 2.51. The lowest BCUT2D eigenvalue weighted by molar-refractivity contribution is -0.421. The van der Waals surface area contributed by atoms with Crippen LogP contribution in [-0.4, -0.2) is 39.6 Å². The molecule has 3 N–H and O–H groups in total. The number of nitro groups is 1. The fourth-order valence-corrected chi connectivity index (χ4v) is 2.51. The number of ether oxygens (including phenoxy) is 1. The number of nitrogens with zero attached hydrogens (tertiary/aromatic N) is 1. The summed E-state index contributed by atoms with van der Waals surface area (Å²) in [5, 5.41) is 34.5. The Morgan fingerprint density at radius 2 is 2.04 bits per heavy atom. The molecule has 0 fully saturated rings. The van der Waals surface area contributed by atoms with Crippen molar-refractivity contribution < 1.29 is 19.9 Å². The predicted octanol–water partition coefficient (Wildman–Crippen LogP) is 1.91. The van der Waals surface area contributed by atoms with Gasteiger partial charge < -0.3 is 14.9 Å². The van der Waals surface area contributed by atoms with Gasteiger partial charge in [0.15, 0.2) is 0 Å². The summed E-state index contributed by atoms with van der Waals surface area (Å²) in [7, 11) is 0. The summed E-state index contributed by atoms with van der Waals surface area (Å²) in [4.78, 5) is 10.4. The van der Waals surface area contributed by atoms with E-state index in [1.807, 2.05) is 19.1 Å². The van der Waals surface area contributed by atoms with Crippen molar-refractivity contribution in [1.29, 1.82) is 0 Å². The van der Waals surface area contributed by atoms with Gasteiger partial charge >= 0.3 is 0 Å². The number of hydrogen-bond donors (Lipinski definition) is 3. The molecule has 0 spiro atoms. The SMILES string of the molecule is CC1=CC(NC(O)[C@@](C)(O)COc2ccc(C)cc2)CC=C1[N+](=O)[O-]. The van der Waals surface area contributed by atoms with Crippen molar-refractivity contribution in [1.82, 2.24) is 5.32 Å². The molecule has 1 aromatic carbocycles. The average Bonchev–Trinajstić information content (AvgIpc) is 2.54. The Balaban J connectivity index is 1.91. The van der Waals surface area contributed by atoms with Crippen LogP contribution in [0.4, 0.5) is 0 Å². The van der Waals surface area contributed by atoms with Gasteiger partial charge in [0, 0.05) is 11.6 Å². The molecule has 1 aromatic rings. The molecule has 1 aliphatic carbocycles. The normalized spacial score (nSPS) is 20.9. The van der Waals surface area contributed by atoms with Crippen LogP contribution in [0.1, 0.15) is 25.8 Å². The van der Waals surface area contributed by atoms with Gasteiger partial charge in [0.2, 0.25) is 0 Å². The third-order valence-electron chi connectivity index (χ3n) is 4.13. The topological polar surface area (TPSA) is 105 Å². The molecule has 1 aliphatic rings. The molecule has 7 heteroatoms. The number of allylic oxidation sites excluding steroid dienone is 1. The molecule has 0 aliphatic heterocycles. The van der Waals surface area contributed by atoms with Crippen molar-refractivity contribution in [3.63, 3.8) is 0 Å². The highest BCUT2D eigenvalue weighted by atomic mass is 16.6. The lowest BCUT2D eigenvalue weighted by Crippen LogP contribution is -2.55. The van der Waals surface area contributed by atoms with E-state index in [4.69, 9.17) is 4.74 Å². The van der Waals surface area contributed by atoms with Crippen LogP contribution >= 0.6 is 0 Å². The van der Waals surface area contributed by atoms with Crippen molar-refractivity contribution in [2.45, 2.75) is 45.1 Å². The fraction of sp³-hybridized carbons (Fsp3) is 0.444. The van der Waals surface area contributed by atoms with Crippen LogP contribution in [-0.2, 0) is 0 Å². The van der Waals surface area contributed by atoms with Gasteiger partial charge in [-0.2, -0.15) is 0 Å². The Hall–Kier alpha value is -2.22. The zero-order valence-corrected chi connectivity index (χ0v) is 14.6. The number of rotatable bonds is 7. The molecule has 2 unspecified atom stereocenters. The second-order valence-electron chi connectivity index (χ2n) is 6.57. The first-order chi connectivity index (χ1) is 11.7. The molecule has 0 bridgehead atoms. The van der Waals surface area contributed by atoms with Gasteiger partial charge in [0.1, 0.15) is 24.2 Å². The molecule has 0 saturated carbocycles. The van der Waals surface area contributed by atoms with E-state index in [9.17, 15) is 20.3 Å². The Morgan fingerprint density at radius 3 is 2.60 bits per heavy atom. The van der Waals surface area contributed by atoms with Gasteiger partial charge in [-0.1, -0.05) is 23.8 Å². The summed E-state index contributed by atoms with van der Waals surface area (Å²) in [5.74, 6) is 0.602. The molecule has 2 rings (SSSR count). The lowest BCUT2D eigenvalue weighted by Gasteiger charge is -2.32. The zero-order valence-electron chi connectivity index (χ0n) is 14.6. The second kappa shape index (κ2) is 7.77. The standard InChI is InChI=1S/C18H24N2O5/c1-12-4-7-15(8-5-12)25-11-18(3,22)17(21)19-14-6-9-16(20(23)24)13(2)10-14/h4-5,7-10,14,17,19,21-22H,6,11H2,1-3H3/t14?,17?,18-/m0/s1. The van der Waals surface area contributed by atoms with Gasteiger partial charge in [-0.25, -0.2) is 0 Å². The number of benzene rings is 1. The van der Waals surface area contributed by atoms with Crippen molar-refractivity contribution in [3.05, 3.63) is 63.4 Å². The van der Waals surface area contributed by atoms with Crippen LogP contribution < -0.4 is 10.1 Å². The third-order valence-corrected chi connectivity index (χ3v) is 4.13. The number of aliphatic hydroxyl groups excluding tert-OH is 1. The minimum Gasteiger partial charge on any atom is -0.490 e. The highest BCUT2D eigenvalue weighted by molar-refractivity contribution is 5.29. The number of hydrogen-bond acceptors (Lipinski definition) is 6. The van der Waals surface area contributed by atoms with Crippen molar-refractivity contribution in [2.75, 3.05) is 6.61 Å². The summed E-state index contributed by atoms with van der Waals surface area (Å²) in [6.07, 6.45) is 2.30. The molecule has 0 amide bonds. The van der Waals surface area contributed by atoms with Crippen molar-refractivity contribution >= 4 is 0 Å². The molecule has 0 radical (unpaired) electrons. The maximum Gasteiger partial charge on any atom is 0.268 e. The highest BCUT2D eigenvalue weighted by Crippen LogP contribution is 2.21. The second-order valence-corrected chi connectivity index (χ2v) is 6.57. The van der Waals surface area contributed by atoms with Crippen molar-refractivity contribution in [3.8, 4) is 5.75 Å². The van der Waals surface area contributed by atoms with Crippen molar-refractivity contribution in [2.24, 2.45) is 0 Å². The lowest BCUT2D eigenvalue weighted by atomic mass is 9.99. The third kappa shape index (κ3) is 5.12. The molecule has 7 nitrogen and oxygen atoms in total. The smallest absolute Gasteiger partial charge is 0.268 e. The Kier molecular flexibility index (Phi) is 5.94. The van der Waals surface area contributed by atoms with Gasteiger partial charge in [-0.3, -0.25) is 15.4 Å². The average molecular weight is 348 g/mol. The van der Waals surface area contributed by atoms with E-state index in [0.29, 0.717) is 17.7 Å². The van der Waals surface area contributed by atoms with Crippen LogP contribution in [0.25, 0.3) is 0 Å². The quantitative estimate of drug-likeness (QED) is 0.395. The van der Waals surface area contributed by atoms with Crippen LogP contribution in [0.2, 0.25) is 0 Å².